The summed E-state index contributed by atoms with van der Waals surface area (Å²) in [6.45, 7) is 9.59. The van der Waals surface area contributed by atoms with Gasteiger partial charge in [0, 0.05) is 17.5 Å². The van der Waals surface area contributed by atoms with Crippen molar-refractivity contribution in [2.24, 2.45) is 10.8 Å². The van der Waals surface area contributed by atoms with Crippen LogP contribution in [0, 0.1) is 10.8 Å². The Morgan fingerprint density at radius 3 is 2.55 bits per heavy atom. The van der Waals surface area contributed by atoms with Crippen LogP contribution in [0.4, 0.5) is 4.79 Å². The van der Waals surface area contributed by atoms with Crippen LogP contribution in [0.2, 0.25) is 0 Å². The lowest BCUT2D eigenvalue weighted by Crippen LogP contribution is -2.53. The molecule has 5 heteroatoms. The van der Waals surface area contributed by atoms with E-state index in [2.05, 4.69) is 43.2 Å². The SMILES string of the molecule is CN(C)CCC(NC(=O)NC1CCCC1(C)CO)C(C)(C)C. The van der Waals surface area contributed by atoms with E-state index >= 15 is 0 Å². The second-order valence-electron chi connectivity index (χ2n) is 8.39. The summed E-state index contributed by atoms with van der Waals surface area (Å²) >= 11 is 0. The minimum Gasteiger partial charge on any atom is -0.396 e. The molecule has 3 unspecified atom stereocenters. The van der Waals surface area contributed by atoms with E-state index in [1.54, 1.807) is 0 Å². The molecule has 0 bridgehead atoms. The largest absolute Gasteiger partial charge is 0.396 e. The van der Waals surface area contributed by atoms with Crippen LogP contribution in [0.1, 0.15) is 53.4 Å². The van der Waals surface area contributed by atoms with Crippen molar-refractivity contribution in [1.82, 2.24) is 15.5 Å². The highest BCUT2D eigenvalue weighted by Crippen LogP contribution is 2.37. The van der Waals surface area contributed by atoms with Gasteiger partial charge in [-0.2, -0.15) is 0 Å². The molecule has 22 heavy (non-hydrogen) atoms. The van der Waals surface area contributed by atoms with Gasteiger partial charge in [-0.15, -0.1) is 0 Å². The third kappa shape index (κ3) is 5.43. The molecule has 0 saturated heterocycles. The Morgan fingerprint density at radius 2 is 2.05 bits per heavy atom. The van der Waals surface area contributed by atoms with Crippen molar-refractivity contribution < 1.29 is 9.90 Å². The van der Waals surface area contributed by atoms with E-state index in [1.807, 2.05) is 14.1 Å². The zero-order valence-electron chi connectivity index (χ0n) is 15.2. The normalized spacial score (nSPS) is 27.0. The molecule has 0 aromatic carbocycles. The number of urea groups is 1. The first kappa shape index (κ1) is 19.2. The number of amides is 2. The number of carbonyl (C=O) groups is 1. The molecule has 3 N–H and O–H groups in total. The number of carbonyl (C=O) groups excluding carboxylic acids is 1. The zero-order chi connectivity index (χ0) is 17.0. The van der Waals surface area contributed by atoms with E-state index in [-0.39, 0.29) is 35.6 Å². The van der Waals surface area contributed by atoms with Crippen LogP contribution in [-0.4, -0.2) is 55.4 Å². The molecule has 5 nitrogen and oxygen atoms in total. The number of hydrogen-bond donors (Lipinski definition) is 3. The van der Waals surface area contributed by atoms with Crippen molar-refractivity contribution in [2.75, 3.05) is 27.2 Å². The van der Waals surface area contributed by atoms with Crippen LogP contribution in [-0.2, 0) is 0 Å². The monoisotopic (exact) mass is 313 g/mol. The van der Waals surface area contributed by atoms with Gasteiger partial charge in [0.25, 0.3) is 0 Å². The molecule has 0 radical (unpaired) electrons. The summed E-state index contributed by atoms with van der Waals surface area (Å²) in [5.74, 6) is 0. The molecular formula is C17H35N3O2. The van der Waals surface area contributed by atoms with Crippen molar-refractivity contribution in [1.29, 1.82) is 0 Å². The Balaban J connectivity index is 2.60. The standard InChI is InChI=1S/C17H35N3O2/c1-16(2,3)13(9-11-20(5)6)18-15(22)19-14-8-7-10-17(14,4)12-21/h13-14,21H,7-12H2,1-6H3,(H2,18,19,22). The van der Waals surface area contributed by atoms with Gasteiger partial charge in [-0.05, 0) is 45.3 Å². The van der Waals surface area contributed by atoms with Gasteiger partial charge in [-0.1, -0.05) is 34.1 Å². The first-order valence-electron chi connectivity index (χ1n) is 8.41. The fourth-order valence-electron chi connectivity index (χ4n) is 3.14. The second kappa shape index (κ2) is 7.64. The number of rotatable bonds is 6. The number of aliphatic hydroxyl groups excluding tert-OH is 1. The van der Waals surface area contributed by atoms with Crippen LogP contribution >= 0.6 is 0 Å². The molecule has 0 spiro atoms. The van der Waals surface area contributed by atoms with Gasteiger partial charge in [0.1, 0.15) is 0 Å². The fourth-order valence-corrected chi connectivity index (χ4v) is 3.14. The molecular weight excluding hydrogens is 278 g/mol. The van der Waals surface area contributed by atoms with Crippen molar-refractivity contribution in [3.8, 4) is 0 Å². The zero-order valence-corrected chi connectivity index (χ0v) is 15.2. The molecule has 1 aliphatic rings. The fraction of sp³-hybridized carbons (Fsp3) is 0.941. The molecule has 1 saturated carbocycles. The van der Waals surface area contributed by atoms with Gasteiger partial charge in [-0.25, -0.2) is 4.79 Å². The average molecular weight is 313 g/mol. The van der Waals surface area contributed by atoms with Gasteiger partial charge < -0.3 is 20.6 Å². The molecule has 0 aromatic heterocycles. The Morgan fingerprint density at radius 1 is 1.41 bits per heavy atom. The highest BCUT2D eigenvalue weighted by Gasteiger charge is 2.39. The van der Waals surface area contributed by atoms with Gasteiger partial charge in [0.05, 0.1) is 6.61 Å². The molecule has 0 aliphatic heterocycles. The van der Waals surface area contributed by atoms with Crippen LogP contribution in [0.3, 0.4) is 0 Å². The highest BCUT2D eigenvalue weighted by molar-refractivity contribution is 5.74. The van der Waals surface area contributed by atoms with Crippen molar-refractivity contribution >= 4 is 6.03 Å². The minimum atomic E-state index is -0.182. The van der Waals surface area contributed by atoms with E-state index in [4.69, 9.17) is 0 Å². The Kier molecular flexibility index (Phi) is 6.68. The lowest BCUT2D eigenvalue weighted by molar-refractivity contribution is 0.119. The predicted octanol–water partition coefficient (Wildman–Crippen LogP) is 2.20. The average Bonchev–Trinajstić information content (AvgIpc) is 2.75. The molecule has 1 rings (SSSR count). The molecule has 3 atom stereocenters. The maximum absolute atomic E-state index is 12.4. The van der Waals surface area contributed by atoms with Gasteiger partial charge >= 0.3 is 6.03 Å². The molecule has 2 amide bonds. The summed E-state index contributed by atoms with van der Waals surface area (Å²) in [5.41, 5.74) is -0.165. The Hall–Kier alpha value is -0.810. The number of hydrogen-bond acceptors (Lipinski definition) is 3. The first-order valence-corrected chi connectivity index (χ1v) is 8.41. The van der Waals surface area contributed by atoms with Crippen LogP contribution in [0.15, 0.2) is 0 Å². The van der Waals surface area contributed by atoms with E-state index in [0.29, 0.717) is 0 Å². The summed E-state index contributed by atoms with van der Waals surface area (Å²) < 4.78 is 0. The van der Waals surface area contributed by atoms with E-state index in [9.17, 15) is 9.90 Å². The van der Waals surface area contributed by atoms with Crippen LogP contribution in [0.5, 0.6) is 0 Å². The summed E-state index contributed by atoms with van der Waals surface area (Å²) in [6, 6.07) is 0.0777. The smallest absolute Gasteiger partial charge is 0.315 e. The molecule has 1 fully saturated rings. The maximum atomic E-state index is 12.4. The highest BCUT2D eigenvalue weighted by atomic mass is 16.3. The Bertz CT molecular complexity index is 365. The van der Waals surface area contributed by atoms with Gasteiger partial charge in [0.2, 0.25) is 0 Å². The molecule has 0 aromatic rings. The Labute approximate surface area is 135 Å². The van der Waals surface area contributed by atoms with E-state index in [1.165, 1.54) is 0 Å². The van der Waals surface area contributed by atoms with Gasteiger partial charge in [-0.3, -0.25) is 0 Å². The van der Waals surface area contributed by atoms with Crippen molar-refractivity contribution in [2.45, 2.75) is 65.5 Å². The predicted molar refractivity (Wildman–Crippen MR) is 90.9 cm³/mol. The van der Waals surface area contributed by atoms with Crippen LogP contribution in [0.25, 0.3) is 0 Å². The second-order valence-corrected chi connectivity index (χ2v) is 8.39. The van der Waals surface area contributed by atoms with Gasteiger partial charge in [0.15, 0.2) is 0 Å². The number of aliphatic hydroxyl groups is 1. The summed E-state index contributed by atoms with van der Waals surface area (Å²) in [4.78, 5) is 14.5. The minimum absolute atomic E-state index is 0.0172. The quantitative estimate of drug-likeness (QED) is 0.704. The summed E-state index contributed by atoms with van der Waals surface area (Å²) in [7, 11) is 4.09. The third-order valence-corrected chi connectivity index (χ3v) is 4.96. The molecule has 1 aliphatic carbocycles. The topological polar surface area (TPSA) is 64.6 Å². The van der Waals surface area contributed by atoms with E-state index in [0.717, 1.165) is 32.2 Å². The van der Waals surface area contributed by atoms with E-state index < -0.39 is 0 Å². The van der Waals surface area contributed by atoms with Crippen LogP contribution < -0.4 is 10.6 Å². The third-order valence-electron chi connectivity index (χ3n) is 4.96. The lowest BCUT2D eigenvalue weighted by atomic mass is 9.84. The van der Waals surface area contributed by atoms with Crippen molar-refractivity contribution in [3.05, 3.63) is 0 Å². The lowest BCUT2D eigenvalue weighted by Gasteiger charge is -2.34. The number of nitrogens with zero attached hydrogens (tertiary/aromatic N) is 1. The number of nitrogens with one attached hydrogen (secondary N) is 2. The maximum Gasteiger partial charge on any atom is 0.315 e. The summed E-state index contributed by atoms with van der Waals surface area (Å²) in [6.07, 6.45) is 3.90. The summed E-state index contributed by atoms with van der Waals surface area (Å²) in [5, 5.41) is 15.8. The molecule has 0 heterocycles. The molecule has 130 valence electrons. The first-order chi connectivity index (χ1) is 10.1. The van der Waals surface area contributed by atoms with Crippen molar-refractivity contribution in [3.63, 3.8) is 0 Å².